The largest absolute Gasteiger partial charge is 0.496 e. The Morgan fingerprint density at radius 3 is 2.84 bits per heavy atom. The van der Waals surface area contributed by atoms with Crippen LogP contribution >= 0.6 is 0 Å². The third-order valence-electron chi connectivity index (χ3n) is 2.69. The van der Waals surface area contributed by atoms with Gasteiger partial charge in [0.25, 0.3) is 0 Å². The molecular weight excluding hydrogens is 246 g/mol. The van der Waals surface area contributed by atoms with Gasteiger partial charge in [0.15, 0.2) is 17.8 Å². The summed E-state index contributed by atoms with van der Waals surface area (Å²) in [5.74, 6) is 0.699. The molecular formula is C14H15NO4. The molecule has 0 saturated heterocycles. The van der Waals surface area contributed by atoms with E-state index in [1.165, 1.54) is 6.39 Å². The van der Waals surface area contributed by atoms with E-state index in [1.807, 2.05) is 25.1 Å². The molecule has 2 rings (SSSR count). The minimum atomic E-state index is -0.486. The summed E-state index contributed by atoms with van der Waals surface area (Å²) >= 11 is 0. The molecule has 5 nitrogen and oxygen atoms in total. The van der Waals surface area contributed by atoms with Gasteiger partial charge in [-0.3, -0.25) is 0 Å². The van der Waals surface area contributed by atoms with Gasteiger partial charge in [0.05, 0.1) is 13.7 Å². The number of oxazole rings is 1. The first-order valence-electron chi connectivity index (χ1n) is 5.93. The molecule has 1 aromatic heterocycles. The van der Waals surface area contributed by atoms with Crippen molar-refractivity contribution in [2.75, 3.05) is 13.7 Å². The van der Waals surface area contributed by atoms with Gasteiger partial charge >= 0.3 is 5.97 Å². The number of nitrogens with zero attached hydrogens (tertiary/aromatic N) is 1. The third-order valence-corrected chi connectivity index (χ3v) is 2.69. The minimum Gasteiger partial charge on any atom is -0.496 e. The summed E-state index contributed by atoms with van der Waals surface area (Å²) in [5, 5.41) is 0. The lowest BCUT2D eigenvalue weighted by molar-refractivity contribution is 0.0520. The Labute approximate surface area is 111 Å². The van der Waals surface area contributed by atoms with Crippen molar-refractivity contribution in [3.8, 4) is 17.1 Å². The smallest absolute Gasteiger partial charge is 0.360 e. The predicted molar refractivity (Wildman–Crippen MR) is 69.2 cm³/mol. The molecule has 0 fully saturated rings. The van der Waals surface area contributed by atoms with Crippen LogP contribution in [-0.4, -0.2) is 24.7 Å². The summed E-state index contributed by atoms with van der Waals surface area (Å²) < 4.78 is 15.4. The van der Waals surface area contributed by atoms with Crippen molar-refractivity contribution < 1.29 is 18.7 Å². The molecule has 0 N–H and O–H groups in total. The summed E-state index contributed by atoms with van der Waals surface area (Å²) in [6.45, 7) is 3.96. The standard InChI is InChI=1S/C14H15NO4/c1-4-18-14(16)12-13(19-8-15-12)10-5-6-11(17-3)9(2)7-10/h5-8H,4H2,1-3H3. The van der Waals surface area contributed by atoms with Gasteiger partial charge in [0, 0.05) is 5.56 Å². The van der Waals surface area contributed by atoms with Crippen LogP contribution in [0.15, 0.2) is 29.0 Å². The third kappa shape index (κ3) is 2.59. The van der Waals surface area contributed by atoms with Gasteiger partial charge in [0.2, 0.25) is 0 Å². The van der Waals surface area contributed by atoms with Gasteiger partial charge in [0.1, 0.15) is 5.75 Å². The van der Waals surface area contributed by atoms with Gasteiger partial charge in [-0.1, -0.05) is 0 Å². The first-order chi connectivity index (χ1) is 9.17. The van der Waals surface area contributed by atoms with Crippen LogP contribution in [0.3, 0.4) is 0 Å². The van der Waals surface area contributed by atoms with Gasteiger partial charge in [-0.15, -0.1) is 0 Å². The van der Waals surface area contributed by atoms with Crippen LogP contribution in [0.1, 0.15) is 23.0 Å². The second-order valence-corrected chi connectivity index (χ2v) is 3.93. The molecule has 2 aromatic rings. The molecule has 1 heterocycles. The van der Waals surface area contributed by atoms with Crippen LogP contribution in [0.25, 0.3) is 11.3 Å². The van der Waals surface area contributed by atoms with Crippen molar-refractivity contribution >= 4 is 5.97 Å². The second-order valence-electron chi connectivity index (χ2n) is 3.93. The fraction of sp³-hybridized carbons (Fsp3) is 0.286. The quantitative estimate of drug-likeness (QED) is 0.792. The summed E-state index contributed by atoms with van der Waals surface area (Å²) in [6, 6.07) is 5.51. The van der Waals surface area contributed by atoms with Crippen molar-refractivity contribution in [1.82, 2.24) is 4.98 Å². The number of carbonyl (C=O) groups excluding carboxylic acids is 1. The Balaban J connectivity index is 2.40. The molecule has 0 aliphatic carbocycles. The maximum atomic E-state index is 11.7. The highest BCUT2D eigenvalue weighted by molar-refractivity contribution is 5.93. The van der Waals surface area contributed by atoms with E-state index < -0.39 is 5.97 Å². The highest BCUT2D eigenvalue weighted by atomic mass is 16.5. The summed E-state index contributed by atoms with van der Waals surface area (Å²) in [7, 11) is 1.61. The van der Waals surface area contributed by atoms with E-state index in [2.05, 4.69) is 4.98 Å². The molecule has 5 heteroatoms. The van der Waals surface area contributed by atoms with Crippen molar-refractivity contribution in [1.29, 1.82) is 0 Å². The Bertz CT molecular complexity index is 589. The molecule has 0 spiro atoms. The number of ether oxygens (including phenoxy) is 2. The fourth-order valence-corrected chi connectivity index (χ4v) is 1.82. The first kappa shape index (κ1) is 13.1. The molecule has 1 aromatic carbocycles. The van der Waals surface area contributed by atoms with Gasteiger partial charge in [-0.2, -0.15) is 0 Å². The number of hydrogen-bond donors (Lipinski definition) is 0. The number of carbonyl (C=O) groups is 1. The van der Waals surface area contributed by atoms with E-state index in [4.69, 9.17) is 13.9 Å². The van der Waals surface area contributed by atoms with E-state index in [1.54, 1.807) is 14.0 Å². The number of benzene rings is 1. The van der Waals surface area contributed by atoms with Crippen molar-refractivity contribution in [3.63, 3.8) is 0 Å². The lowest BCUT2D eigenvalue weighted by atomic mass is 10.1. The average molecular weight is 261 g/mol. The molecule has 0 aliphatic heterocycles. The van der Waals surface area contributed by atoms with Crippen LogP contribution in [0.4, 0.5) is 0 Å². The number of aryl methyl sites for hydroxylation is 1. The average Bonchev–Trinajstić information content (AvgIpc) is 2.88. The molecule has 0 radical (unpaired) electrons. The van der Waals surface area contributed by atoms with Crippen LogP contribution in [0.2, 0.25) is 0 Å². The van der Waals surface area contributed by atoms with E-state index in [-0.39, 0.29) is 5.69 Å². The van der Waals surface area contributed by atoms with Gasteiger partial charge < -0.3 is 13.9 Å². The maximum absolute atomic E-state index is 11.7. The zero-order chi connectivity index (χ0) is 13.8. The highest BCUT2D eigenvalue weighted by Gasteiger charge is 2.19. The molecule has 0 bridgehead atoms. The molecule has 0 saturated carbocycles. The summed E-state index contributed by atoms with van der Waals surface area (Å²) in [4.78, 5) is 15.6. The lowest BCUT2D eigenvalue weighted by Crippen LogP contribution is -2.06. The van der Waals surface area contributed by atoms with Crippen LogP contribution in [0, 0.1) is 6.92 Å². The zero-order valence-electron chi connectivity index (χ0n) is 11.1. The normalized spacial score (nSPS) is 10.3. The molecule has 0 aliphatic rings. The number of aromatic nitrogens is 1. The number of rotatable bonds is 4. The van der Waals surface area contributed by atoms with Crippen LogP contribution in [-0.2, 0) is 4.74 Å². The summed E-state index contributed by atoms with van der Waals surface area (Å²) in [6.07, 6.45) is 1.24. The topological polar surface area (TPSA) is 61.6 Å². The molecule has 0 amide bonds. The lowest BCUT2D eigenvalue weighted by Gasteiger charge is -2.06. The number of esters is 1. The van der Waals surface area contributed by atoms with Gasteiger partial charge in [-0.25, -0.2) is 9.78 Å². The summed E-state index contributed by atoms with van der Waals surface area (Å²) in [5.41, 5.74) is 1.90. The second kappa shape index (κ2) is 5.56. The van der Waals surface area contributed by atoms with Crippen LogP contribution < -0.4 is 4.74 Å². The van der Waals surface area contributed by atoms with E-state index >= 15 is 0 Å². The van der Waals surface area contributed by atoms with Crippen molar-refractivity contribution in [3.05, 3.63) is 35.9 Å². The monoisotopic (exact) mass is 261 g/mol. The SMILES string of the molecule is CCOC(=O)c1ncoc1-c1ccc(OC)c(C)c1. The highest BCUT2D eigenvalue weighted by Crippen LogP contribution is 2.28. The molecule has 19 heavy (non-hydrogen) atoms. The number of methoxy groups -OCH3 is 1. The molecule has 100 valence electrons. The fourth-order valence-electron chi connectivity index (χ4n) is 1.82. The van der Waals surface area contributed by atoms with Crippen LogP contribution in [0.5, 0.6) is 5.75 Å². The molecule has 0 atom stereocenters. The van der Waals surface area contributed by atoms with E-state index in [0.29, 0.717) is 12.4 Å². The minimum absolute atomic E-state index is 0.186. The molecule has 0 unspecified atom stereocenters. The van der Waals surface area contributed by atoms with Crippen molar-refractivity contribution in [2.45, 2.75) is 13.8 Å². The Morgan fingerprint density at radius 2 is 2.21 bits per heavy atom. The predicted octanol–water partition coefficient (Wildman–Crippen LogP) is 2.84. The zero-order valence-corrected chi connectivity index (χ0v) is 11.1. The Kier molecular flexibility index (Phi) is 3.85. The maximum Gasteiger partial charge on any atom is 0.360 e. The van der Waals surface area contributed by atoms with E-state index in [9.17, 15) is 4.79 Å². The number of hydrogen-bond acceptors (Lipinski definition) is 5. The van der Waals surface area contributed by atoms with E-state index in [0.717, 1.165) is 16.9 Å². The van der Waals surface area contributed by atoms with Crippen molar-refractivity contribution in [2.24, 2.45) is 0 Å². The first-order valence-corrected chi connectivity index (χ1v) is 5.93. The Hall–Kier alpha value is -2.30. The Morgan fingerprint density at radius 1 is 1.42 bits per heavy atom. The van der Waals surface area contributed by atoms with Gasteiger partial charge in [-0.05, 0) is 37.6 Å².